The van der Waals surface area contributed by atoms with Gasteiger partial charge >= 0.3 is 0 Å². The smallest absolute Gasteiger partial charge is 0.274 e. The van der Waals surface area contributed by atoms with E-state index in [1.54, 1.807) is 23.5 Å². The van der Waals surface area contributed by atoms with Crippen LogP contribution in [0.1, 0.15) is 40.8 Å². The molecule has 0 bridgehead atoms. The van der Waals surface area contributed by atoms with Crippen molar-refractivity contribution < 1.29 is 14.3 Å². The van der Waals surface area contributed by atoms with E-state index in [9.17, 15) is 4.79 Å². The first-order valence-corrected chi connectivity index (χ1v) is 9.46. The van der Waals surface area contributed by atoms with Crippen molar-refractivity contribution in [3.05, 3.63) is 41.7 Å². The third kappa shape index (κ3) is 4.17. The summed E-state index contributed by atoms with van der Waals surface area (Å²) >= 11 is 0. The van der Waals surface area contributed by atoms with Gasteiger partial charge in [0.05, 0.1) is 36.8 Å². The number of aromatic nitrogens is 4. The lowest BCUT2D eigenvalue weighted by molar-refractivity contribution is 0.00427. The maximum absolute atomic E-state index is 12.8. The van der Waals surface area contributed by atoms with E-state index in [1.807, 2.05) is 17.7 Å². The van der Waals surface area contributed by atoms with Gasteiger partial charge in [-0.3, -0.25) is 14.5 Å². The molecular weight excluding hydrogens is 346 g/mol. The minimum Gasteiger partial charge on any atom is -0.381 e. The highest BCUT2D eigenvalue weighted by molar-refractivity contribution is 5.92. The van der Waals surface area contributed by atoms with Crippen LogP contribution in [-0.2, 0) is 16.0 Å². The van der Waals surface area contributed by atoms with Crippen LogP contribution in [0.25, 0.3) is 0 Å². The Morgan fingerprint density at radius 3 is 2.89 bits per heavy atom. The number of aryl methyl sites for hydroxylation is 1. The van der Waals surface area contributed by atoms with Gasteiger partial charge < -0.3 is 14.4 Å². The molecule has 0 N–H and O–H groups in total. The molecule has 1 amide bonds. The average Bonchev–Trinajstić information content (AvgIpc) is 3.18. The van der Waals surface area contributed by atoms with Crippen molar-refractivity contribution in [3.63, 3.8) is 0 Å². The first-order chi connectivity index (χ1) is 13.2. The Kier molecular flexibility index (Phi) is 5.45. The Bertz CT molecular complexity index is 770. The molecule has 1 saturated heterocycles. The van der Waals surface area contributed by atoms with Crippen LogP contribution in [0, 0.1) is 12.8 Å². The topological polar surface area (TPSA) is 82.4 Å². The van der Waals surface area contributed by atoms with Gasteiger partial charge in [0.25, 0.3) is 5.91 Å². The van der Waals surface area contributed by atoms with Gasteiger partial charge in [-0.15, -0.1) is 0 Å². The molecule has 0 saturated carbocycles. The molecule has 2 aromatic heterocycles. The molecule has 8 nitrogen and oxygen atoms in total. The Balaban J connectivity index is 1.41. The summed E-state index contributed by atoms with van der Waals surface area (Å²) in [6.45, 7) is 5.83. The van der Waals surface area contributed by atoms with E-state index in [0.717, 1.165) is 44.1 Å². The van der Waals surface area contributed by atoms with Crippen LogP contribution in [0.3, 0.4) is 0 Å². The molecule has 0 radical (unpaired) electrons. The van der Waals surface area contributed by atoms with Gasteiger partial charge in [-0.2, -0.15) is 5.10 Å². The molecule has 2 aliphatic heterocycles. The number of ether oxygens (including phenoxy) is 2. The minimum absolute atomic E-state index is 0.00551. The first kappa shape index (κ1) is 18.1. The number of amides is 1. The summed E-state index contributed by atoms with van der Waals surface area (Å²) in [5.41, 5.74) is 2.17. The van der Waals surface area contributed by atoms with E-state index in [4.69, 9.17) is 9.47 Å². The second kappa shape index (κ2) is 8.14. The van der Waals surface area contributed by atoms with E-state index >= 15 is 0 Å². The quantitative estimate of drug-likeness (QED) is 0.794. The van der Waals surface area contributed by atoms with E-state index in [1.165, 1.54) is 0 Å². The molecule has 0 spiro atoms. The molecule has 1 atom stereocenters. The van der Waals surface area contributed by atoms with Crippen molar-refractivity contribution in [2.45, 2.75) is 32.4 Å². The van der Waals surface area contributed by atoms with Gasteiger partial charge in [0.2, 0.25) is 0 Å². The van der Waals surface area contributed by atoms with Crippen molar-refractivity contribution in [1.82, 2.24) is 24.6 Å². The van der Waals surface area contributed by atoms with Crippen LogP contribution < -0.4 is 0 Å². The number of hydrogen-bond donors (Lipinski definition) is 0. The van der Waals surface area contributed by atoms with Gasteiger partial charge in [-0.25, -0.2) is 4.98 Å². The van der Waals surface area contributed by atoms with Crippen molar-refractivity contribution in [1.29, 1.82) is 0 Å². The molecule has 0 aromatic carbocycles. The third-order valence-corrected chi connectivity index (χ3v) is 5.17. The van der Waals surface area contributed by atoms with E-state index in [0.29, 0.717) is 31.3 Å². The van der Waals surface area contributed by atoms with Gasteiger partial charge in [0, 0.05) is 38.8 Å². The highest BCUT2D eigenvalue weighted by Gasteiger charge is 2.30. The van der Waals surface area contributed by atoms with E-state index < -0.39 is 0 Å². The second-order valence-electron chi connectivity index (χ2n) is 7.24. The summed E-state index contributed by atoms with van der Waals surface area (Å²) in [7, 11) is 0. The van der Waals surface area contributed by atoms with Crippen molar-refractivity contribution in [2.24, 2.45) is 5.92 Å². The summed E-state index contributed by atoms with van der Waals surface area (Å²) in [5.74, 6) is 0.448. The van der Waals surface area contributed by atoms with Crippen LogP contribution in [0.15, 0.2) is 24.7 Å². The average molecular weight is 371 g/mol. The Morgan fingerprint density at radius 1 is 1.26 bits per heavy atom. The fourth-order valence-corrected chi connectivity index (χ4v) is 3.61. The molecule has 144 valence electrons. The summed E-state index contributed by atoms with van der Waals surface area (Å²) in [4.78, 5) is 23.1. The van der Waals surface area contributed by atoms with E-state index in [-0.39, 0.29) is 11.9 Å². The fraction of sp³-hybridized carbons (Fsp3) is 0.579. The van der Waals surface area contributed by atoms with Crippen molar-refractivity contribution in [2.75, 3.05) is 33.0 Å². The Hall–Kier alpha value is -2.32. The number of carbonyl (C=O) groups excluding carboxylic acids is 1. The zero-order valence-corrected chi connectivity index (χ0v) is 15.6. The highest BCUT2D eigenvalue weighted by Crippen LogP contribution is 2.23. The lowest BCUT2D eigenvalue weighted by Crippen LogP contribution is -2.43. The predicted octanol–water partition coefficient (Wildman–Crippen LogP) is 1.62. The maximum atomic E-state index is 12.8. The van der Waals surface area contributed by atoms with Gasteiger partial charge in [-0.1, -0.05) is 0 Å². The summed E-state index contributed by atoms with van der Waals surface area (Å²) in [5, 5.41) is 4.43. The molecule has 0 aliphatic carbocycles. The van der Waals surface area contributed by atoms with Crippen LogP contribution in [0.2, 0.25) is 0 Å². The molecular formula is C19H25N5O3. The second-order valence-corrected chi connectivity index (χ2v) is 7.24. The van der Waals surface area contributed by atoms with Crippen LogP contribution in [0.5, 0.6) is 0 Å². The maximum Gasteiger partial charge on any atom is 0.274 e. The largest absolute Gasteiger partial charge is 0.381 e. The normalized spacial score (nSPS) is 20.5. The van der Waals surface area contributed by atoms with Crippen LogP contribution >= 0.6 is 0 Å². The SMILES string of the molecule is Cc1cnc(C(=O)N2Cc3ccnn3[C@@H](COCC3CCOCC3)C2)cn1. The van der Waals surface area contributed by atoms with Crippen molar-refractivity contribution >= 4 is 5.91 Å². The Labute approximate surface area is 158 Å². The van der Waals surface area contributed by atoms with Crippen molar-refractivity contribution in [3.8, 4) is 0 Å². The zero-order chi connectivity index (χ0) is 18.6. The molecule has 27 heavy (non-hydrogen) atoms. The number of rotatable bonds is 5. The molecule has 8 heteroatoms. The van der Waals surface area contributed by atoms with Gasteiger partial charge in [-0.05, 0) is 31.7 Å². The molecule has 2 aromatic rings. The summed E-state index contributed by atoms with van der Waals surface area (Å²) < 4.78 is 13.4. The molecule has 2 aliphatic rings. The van der Waals surface area contributed by atoms with Crippen LogP contribution in [-0.4, -0.2) is 63.5 Å². The fourth-order valence-electron chi connectivity index (χ4n) is 3.61. The zero-order valence-electron chi connectivity index (χ0n) is 15.6. The standard InChI is InChI=1S/C19H25N5O3/c1-14-8-21-18(9-20-14)19(25)23-10-16-2-5-22-24(16)17(11-23)13-27-12-15-3-6-26-7-4-15/h2,5,8-9,15,17H,3-4,6-7,10-13H2,1H3/t17-/m1/s1. The minimum atomic E-state index is -0.107. The Morgan fingerprint density at radius 2 is 2.11 bits per heavy atom. The molecule has 4 heterocycles. The third-order valence-electron chi connectivity index (χ3n) is 5.17. The molecule has 1 fully saturated rings. The number of hydrogen-bond acceptors (Lipinski definition) is 6. The molecule has 0 unspecified atom stereocenters. The highest BCUT2D eigenvalue weighted by atomic mass is 16.5. The lowest BCUT2D eigenvalue weighted by Gasteiger charge is -2.34. The van der Waals surface area contributed by atoms with Crippen LogP contribution in [0.4, 0.5) is 0 Å². The molecule has 4 rings (SSSR count). The summed E-state index contributed by atoms with van der Waals surface area (Å²) in [6.07, 6.45) is 7.04. The lowest BCUT2D eigenvalue weighted by atomic mass is 10.0. The van der Waals surface area contributed by atoms with Gasteiger partial charge in [0.1, 0.15) is 5.69 Å². The van der Waals surface area contributed by atoms with Gasteiger partial charge in [0.15, 0.2) is 0 Å². The number of carbonyl (C=O) groups is 1. The number of nitrogens with zero attached hydrogens (tertiary/aromatic N) is 5. The monoisotopic (exact) mass is 371 g/mol. The first-order valence-electron chi connectivity index (χ1n) is 9.46. The summed E-state index contributed by atoms with van der Waals surface area (Å²) in [6, 6.07) is 1.96. The predicted molar refractivity (Wildman–Crippen MR) is 97.1 cm³/mol. The van der Waals surface area contributed by atoms with E-state index in [2.05, 4.69) is 15.1 Å². The number of fused-ring (bicyclic) bond motifs is 1.